The van der Waals surface area contributed by atoms with E-state index in [4.69, 9.17) is 0 Å². The van der Waals surface area contributed by atoms with Crippen LogP contribution < -0.4 is 10.5 Å². The van der Waals surface area contributed by atoms with E-state index < -0.39 is 6.04 Å². The van der Waals surface area contributed by atoms with E-state index in [0.717, 1.165) is 24.4 Å². The second kappa shape index (κ2) is 6.94. The van der Waals surface area contributed by atoms with Crippen LogP contribution in [0.5, 0.6) is 0 Å². The summed E-state index contributed by atoms with van der Waals surface area (Å²) in [7, 11) is 0. The maximum absolute atomic E-state index is 13.0. The molecule has 4 heterocycles. The molecule has 1 amide bonds. The van der Waals surface area contributed by atoms with Crippen molar-refractivity contribution in [3.05, 3.63) is 46.6 Å². The summed E-state index contributed by atoms with van der Waals surface area (Å²) in [4.78, 5) is 29.2. The molecule has 1 saturated carbocycles. The molecular formula is C19H22N8O2. The summed E-state index contributed by atoms with van der Waals surface area (Å²) < 4.78 is 2.98. The van der Waals surface area contributed by atoms with Gasteiger partial charge in [0.25, 0.3) is 5.56 Å². The van der Waals surface area contributed by atoms with Crippen LogP contribution in [0.1, 0.15) is 37.4 Å². The third-order valence-corrected chi connectivity index (χ3v) is 5.63. The molecule has 2 fully saturated rings. The summed E-state index contributed by atoms with van der Waals surface area (Å²) in [5, 5.41) is 16.8. The number of carbonyl (C=O) groups is 1. The highest BCUT2D eigenvalue weighted by Crippen LogP contribution is 2.38. The van der Waals surface area contributed by atoms with Gasteiger partial charge in [-0.1, -0.05) is 0 Å². The summed E-state index contributed by atoms with van der Waals surface area (Å²) in [5.41, 5.74) is 1.37. The van der Waals surface area contributed by atoms with Gasteiger partial charge >= 0.3 is 0 Å². The average molecular weight is 394 g/mol. The highest BCUT2D eigenvalue weighted by molar-refractivity contribution is 5.80. The summed E-state index contributed by atoms with van der Waals surface area (Å²) in [6.45, 7) is 4.23. The summed E-state index contributed by atoms with van der Waals surface area (Å²) in [6, 6.07) is 6.48. The molecule has 1 aliphatic carbocycles. The van der Waals surface area contributed by atoms with Crippen LogP contribution in [0.25, 0.3) is 5.65 Å². The van der Waals surface area contributed by atoms with E-state index in [1.54, 1.807) is 28.7 Å². The van der Waals surface area contributed by atoms with Crippen LogP contribution >= 0.6 is 0 Å². The van der Waals surface area contributed by atoms with Crippen LogP contribution in [0.15, 0.2) is 35.4 Å². The van der Waals surface area contributed by atoms with E-state index in [0.29, 0.717) is 37.7 Å². The minimum atomic E-state index is -0.612. The standard InChI is InChI=1S/C19H22N8O2/c1-13(27-18(28)7-4-15(22-27)14-2-3-14)19(29)25-10-8-24(9-11-25)17-6-5-16-21-20-12-26(16)23-17/h4-7,12-14H,2-3,8-11H2,1H3/t13-/m1/s1. The van der Waals surface area contributed by atoms with Gasteiger partial charge in [-0.15, -0.1) is 15.3 Å². The second-order valence-corrected chi connectivity index (χ2v) is 7.63. The number of amides is 1. The maximum Gasteiger partial charge on any atom is 0.267 e. The number of rotatable bonds is 4. The van der Waals surface area contributed by atoms with Gasteiger partial charge < -0.3 is 9.80 Å². The van der Waals surface area contributed by atoms with Gasteiger partial charge in [0, 0.05) is 38.2 Å². The van der Waals surface area contributed by atoms with Gasteiger partial charge in [0.2, 0.25) is 5.91 Å². The Bertz CT molecular complexity index is 1110. The molecule has 29 heavy (non-hydrogen) atoms. The number of hydrogen-bond donors (Lipinski definition) is 0. The predicted molar refractivity (Wildman–Crippen MR) is 105 cm³/mol. The number of piperazine rings is 1. The molecule has 10 nitrogen and oxygen atoms in total. The summed E-state index contributed by atoms with van der Waals surface area (Å²) >= 11 is 0. The molecular weight excluding hydrogens is 372 g/mol. The molecule has 1 aliphatic heterocycles. The number of fused-ring (bicyclic) bond motifs is 1. The molecule has 1 saturated heterocycles. The Morgan fingerprint density at radius 3 is 2.62 bits per heavy atom. The summed E-state index contributed by atoms with van der Waals surface area (Å²) in [5.74, 6) is 1.19. The quantitative estimate of drug-likeness (QED) is 0.634. The van der Waals surface area contributed by atoms with Gasteiger partial charge in [-0.2, -0.15) is 9.61 Å². The average Bonchev–Trinajstić information content (AvgIpc) is 3.50. The Labute approximate surface area is 166 Å². The van der Waals surface area contributed by atoms with Gasteiger partial charge in [-0.05, 0) is 38.0 Å². The van der Waals surface area contributed by atoms with Gasteiger partial charge in [0.15, 0.2) is 5.65 Å². The molecule has 3 aromatic rings. The van der Waals surface area contributed by atoms with Crippen molar-refractivity contribution in [2.24, 2.45) is 0 Å². The largest absolute Gasteiger partial charge is 0.352 e. The van der Waals surface area contributed by atoms with Crippen LogP contribution in [-0.2, 0) is 4.79 Å². The van der Waals surface area contributed by atoms with Crippen LogP contribution in [0.3, 0.4) is 0 Å². The van der Waals surface area contributed by atoms with Crippen molar-refractivity contribution >= 4 is 17.4 Å². The monoisotopic (exact) mass is 394 g/mol. The van der Waals surface area contributed by atoms with Crippen molar-refractivity contribution < 1.29 is 4.79 Å². The molecule has 150 valence electrons. The highest BCUT2D eigenvalue weighted by Gasteiger charge is 2.30. The molecule has 2 aliphatic rings. The fourth-order valence-electron chi connectivity index (χ4n) is 3.73. The first kappa shape index (κ1) is 17.8. The molecule has 0 aromatic carbocycles. The van der Waals surface area contributed by atoms with Crippen LogP contribution in [0.4, 0.5) is 5.82 Å². The molecule has 5 rings (SSSR count). The predicted octanol–water partition coefficient (Wildman–Crippen LogP) is 0.468. The van der Waals surface area contributed by atoms with Crippen LogP contribution in [0.2, 0.25) is 0 Å². The van der Waals surface area contributed by atoms with Gasteiger partial charge in [0.05, 0.1) is 5.69 Å². The zero-order valence-electron chi connectivity index (χ0n) is 16.2. The second-order valence-electron chi connectivity index (χ2n) is 7.63. The summed E-state index contributed by atoms with van der Waals surface area (Å²) in [6.07, 6.45) is 3.77. The van der Waals surface area contributed by atoms with Crippen molar-refractivity contribution in [1.29, 1.82) is 0 Å². The van der Waals surface area contributed by atoms with E-state index >= 15 is 0 Å². The van der Waals surface area contributed by atoms with Crippen molar-refractivity contribution in [2.45, 2.75) is 31.7 Å². The molecule has 0 unspecified atom stereocenters. The lowest BCUT2D eigenvalue weighted by molar-refractivity contribution is -0.135. The molecule has 10 heteroatoms. The first-order chi connectivity index (χ1) is 14.1. The number of aromatic nitrogens is 6. The van der Waals surface area contributed by atoms with E-state index in [9.17, 15) is 9.59 Å². The van der Waals surface area contributed by atoms with E-state index in [2.05, 4.69) is 25.3 Å². The zero-order valence-corrected chi connectivity index (χ0v) is 16.2. The van der Waals surface area contributed by atoms with E-state index in [1.807, 2.05) is 12.1 Å². The third-order valence-electron chi connectivity index (χ3n) is 5.63. The Kier molecular flexibility index (Phi) is 4.26. The van der Waals surface area contributed by atoms with Crippen LogP contribution in [0, 0.1) is 0 Å². The molecule has 0 bridgehead atoms. The molecule has 0 radical (unpaired) electrons. The first-order valence-corrected chi connectivity index (χ1v) is 9.91. The Morgan fingerprint density at radius 1 is 1.07 bits per heavy atom. The minimum absolute atomic E-state index is 0.0746. The van der Waals surface area contributed by atoms with E-state index in [-0.39, 0.29) is 11.5 Å². The Morgan fingerprint density at radius 2 is 1.86 bits per heavy atom. The fraction of sp³-hybridized carbons (Fsp3) is 0.474. The lowest BCUT2D eigenvalue weighted by atomic mass is 10.2. The first-order valence-electron chi connectivity index (χ1n) is 9.91. The number of carbonyl (C=O) groups excluding carboxylic acids is 1. The van der Waals surface area contributed by atoms with Gasteiger partial charge in [-0.3, -0.25) is 9.59 Å². The van der Waals surface area contributed by atoms with Crippen molar-refractivity contribution in [3.63, 3.8) is 0 Å². The van der Waals surface area contributed by atoms with Gasteiger partial charge in [0.1, 0.15) is 18.2 Å². The lowest BCUT2D eigenvalue weighted by Gasteiger charge is -2.36. The normalized spacial score (nSPS) is 18.2. The number of hydrogen-bond acceptors (Lipinski definition) is 7. The Hall–Kier alpha value is -3.30. The minimum Gasteiger partial charge on any atom is -0.352 e. The molecule has 0 spiro atoms. The fourth-order valence-corrected chi connectivity index (χ4v) is 3.73. The van der Waals surface area contributed by atoms with Crippen molar-refractivity contribution in [2.75, 3.05) is 31.1 Å². The molecule has 3 aromatic heterocycles. The van der Waals surface area contributed by atoms with Crippen LogP contribution in [-0.4, -0.2) is 66.6 Å². The molecule has 1 atom stereocenters. The van der Waals surface area contributed by atoms with Crippen molar-refractivity contribution in [1.82, 2.24) is 34.5 Å². The number of nitrogens with zero attached hydrogens (tertiary/aromatic N) is 8. The number of anilines is 1. The van der Waals surface area contributed by atoms with E-state index in [1.165, 1.54) is 10.7 Å². The smallest absolute Gasteiger partial charge is 0.267 e. The lowest BCUT2D eigenvalue weighted by Crippen LogP contribution is -2.51. The maximum atomic E-state index is 13.0. The third kappa shape index (κ3) is 3.34. The Balaban J connectivity index is 1.27. The zero-order chi connectivity index (χ0) is 20.0. The topological polar surface area (TPSA) is 102 Å². The SMILES string of the molecule is C[C@H](C(=O)N1CCN(c2ccc3nncn3n2)CC1)n1nc(C2CC2)ccc1=O. The van der Waals surface area contributed by atoms with Crippen molar-refractivity contribution in [3.8, 4) is 0 Å². The van der Waals surface area contributed by atoms with Gasteiger partial charge in [-0.25, -0.2) is 4.68 Å². The highest BCUT2D eigenvalue weighted by atomic mass is 16.2. The molecule has 0 N–H and O–H groups in total.